The third kappa shape index (κ3) is 1.18. The Morgan fingerprint density at radius 3 is 2.92 bits per heavy atom. The van der Waals surface area contributed by atoms with Crippen molar-refractivity contribution in [2.24, 2.45) is 5.16 Å². The van der Waals surface area contributed by atoms with Gasteiger partial charge in [0.2, 0.25) is 0 Å². The van der Waals surface area contributed by atoms with Crippen LogP contribution in [-0.4, -0.2) is 16.1 Å². The van der Waals surface area contributed by atoms with E-state index in [1.807, 2.05) is 37.4 Å². The van der Waals surface area contributed by atoms with Gasteiger partial charge < -0.3 is 9.77 Å². The molecule has 0 fully saturated rings. The van der Waals surface area contributed by atoms with Crippen molar-refractivity contribution in [3.63, 3.8) is 0 Å². The fourth-order valence-electron chi connectivity index (χ4n) is 1.53. The summed E-state index contributed by atoms with van der Waals surface area (Å²) in [5, 5.41) is 12.6. The Hall–Kier alpha value is -1.77. The minimum absolute atomic E-state index is 1.05. The zero-order valence-electron chi connectivity index (χ0n) is 7.31. The van der Waals surface area contributed by atoms with Gasteiger partial charge in [0, 0.05) is 11.6 Å². The summed E-state index contributed by atoms with van der Waals surface area (Å²) >= 11 is 0. The minimum atomic E-state index is 1.05. The predicted octanol–water partition coefficient (Wildman–Crippen LogP) is 2.22. The Morgan fingerprint density at radius 2 is 2.15 bits per heavy atom. The molecule has 0 spiro atoms. The van der Waals surface area contributed by atoms with E-state index in [0.29, 0.717) is 0 Å². The molecule has 0 saturated heterocycles. The lowest BCUT2D eigenvalue weighted by atomic mass is 10.2. The standard InChI is InChI=1S/C10H10N2O/c1-8-6-12(7-11-13)10-5-3-2-4-9(8)10/h2-7,13H,1H3/b11-7+. The van der Waals surface area contributed by atoms with Crippen LogP contribution in [0.25, 0.3) is 10.9 Å². The van der Waals surface area contributed by atoms with Gasteiger partial charge in [-0.15, -0.1) is 0 Å². The van der Waals surface area contributed by atoms with Gasteiger partial charge in [0.1, 0.15) is 6.34 Å². The molecule has 0 atom stereocenters. The van der Waals surface area contributed by atoms with Crippen LogP contribution in [-0.2, 0) is 0 Å². The van der Waals surface area contributed by atoms with Crippen molar-refractivity contribution < 1.29 is 5.21 Å². The number of nitrogens with zero attached hydrogens (tertiary/aromatic N) is 2. The lowest BCUT2D eigenvalue weighted by Crippen LogP contribution is -1.91. The van der Waals surface area contributed by atoms with E-state index in [4.69, 9.17) is 5.21 Å². The molecule has 3 nitrogen and oxygen atoms in total. The third-order valence-corrected chi connectivity index (χ3v) is 2.12. The predicted molar refractivity (Wildman–Crippen MR) is 52.4 cm³/mol. The van der Waals surface area contributed by atoms with Crippen LogP contribution in [0.5, 0.6) is 0 Å². The van der Waals surface area contributed by atoms with Crippen molar-refractivity contribution in [1.82, 2.24) is 4.57 Å². The van der Waals surface area contributed by atoms with E-state index < -0.39 is 0 Å². The van der Waals surface area contributed by atoms with Gasteiger partial charge in [-0.05, 0) is 18.6 Å². The van der Waals surface area contributed by atoms with Crippen molar-refractivity contribution in [2.45, 2.75) is 6.92 Å². The zero-order valence-corrected chi connectivity index (χ0v) is 7.31. The first kappa shape index (κ1) is 7.86. The first-order valence-corrected chi connectivity index (χ1v) is 4.06. The van der Waals surface area contributed by atoms with Gasteiger partial charge in [-0.1, -0.05) is 23.4 Å². The molecule has 0 radical (unpaired) electrons. The summed E-state index contributed by atoms with van der Waals surface area (Å²) in [6.07, 6.45) is 3.32. The van der Waals surface area contributed by atoms with Crippen molar-refractivity contribution in [1.29, 1.82) is 0 Å². The molecule has 0 aliphatic heterocycles. The van der Waals surface area contributed by atoms with Crippen LogP contribution in [0.1, 0.15) is 5.56 Å². The van der Waals surface area contributed by atoms with E-state index in [-0.39, 0.29) is 0 Å². The smallest absolute Gasteiger partial charge is 0.139 e. The molecule has 1 heterocycles. The Balaban J connectivity index is 2.77. The first-order chi connectivity index (χ1) is 6.33. The van der Waals surface area contributed by atoms with E-state index in [2.05, 4.69) is 5.16 Å². The fraction of sp³-hybridized carbons (Fsp3) is 0.100. The molecule has 0 aliphatic rings. The second-order valence-electron chi connectivity index (χ2n) is 2.97. The molecule has 2 aromatic rings. The molecule has 1 aromatic carbocycles. The monoisotopic (exact) mass is 174 g/mol. The highest BCUT2D eigenvalue weighted by Crippen LogP contribution is 2.18. The Bertz CT molecular complexity index is 457. The van der Waals surface area contributed by atoms with Crippen molar-refractivity contribution in [2.75, 3.05) is 0 Å². The minimum Gasteiger partial charge on any atom is -0.410 e. The highest BCUT2D eigenvalue weighted by molar-refractivity contribution is 5.88. The highest BCUT2D eigenvalue weighted by Gasteiger charge is 2.01. The quantitative estimate of drug-likeness (QED) is 0.306. The maximum absolute atomic E-state index is 8.44. The lowest BCUT2D eigenvalue weighted by Gasteiger charge is -1.93. The molecule has 0 amide bonds. The summed E-state index contributed by atoms with van der Waals surface area (Å²) in [4.78, 5) is 0. The molecule has 2 rings (SSSR count). The summed E-state index contributed by atoms with van der Waals surface area (Å²) in [6, 6.07) is 8.00. The van der Waals surface area contributed by atoms with Gasteiger partial charge in [0.05, 0.1) is 5.52 Å². The molecule has 0 aliphatic carbocycles. The van der Waals surface area contributed by atoms with Gasteiger partial charge >= 0.3 is 0 Å². The van der Waals surface area contributed by atoms with Crippen LogP contribution in [0.3, 0.4) is 0 Å². The van der Waals surface area contributed by atoms with E-state index in [0.717, 1.165) is 5.52 Å². The van der Waals surface area contributed by atoms with Gasteiger partial charge in [-0.3, -0.25) is 0 Å². The van der Waals surface area contributed by atoms with Gasteiger partial charge in [0.15, 0.2) is 0 Å². The number of rotatable bonds is 1. The highest BCUT2D eigenvalue weighted by atomic mass is 16.4. The molecule has 1 aromatic heterocycles. The summed E-state index contributed by atoms with van der Waals surface area (Å²) in [5.41, 5.74) is 2.23. The molecule has 1 N–H and O–H groups in total. The molecular formula is C10H10N2O. The summed E-state index contributed by atoms with van der Waals surface area (Å²) in [5.74, 6) is 0. The Kier molecular flexibility index (Phi) is 1.77. The topological polar surface area (TPSA) is 37.5 Å². The van der Waals surface area contributed by atoms with Crippen LogP contribution in [0, 0.1) is 6.92 Å². The number of benzene rings is 1. The normalized spacial score (nSPS) is 11.5. The summed E-state index contributed by atoms with van der Waals surface area (Å²) in [7, 11) is 0. The van der Waals surface area contributed by atoms with E-state index in [1.54, 1.807) is 4.57 Å². The Labute approximate surface area is 75.9 Å². The molecular weight excluding hydrogens is 164 g/mol. The number of hydrogen-bond donors (Lipinski definition) is 1. The van der Waals surface area contributed by atoms with Crippen LogP contribution >= 0.6 is 0 Å². The SMILES string of the molecule is Cc1cn(/C=N/O)c2ccccc12. The van der Waals surface area contributed by atoms with Crippen molar-refractivity contribution in [3.8, 4) is 0 Å². The molecule has 0 bridgehead atoms. The van der Waals surface area contributed by atoms with Gasteiger partial charge in [-0.2, -0.15) is 0 Å². The number of para-hydroxylation sites is 1. The van der Waals surface area contributed by atoms with Crippen molar-refractivity contribution in [3.05, 3.63) is 36.0 Å². The number of oxime groups is 1. The molecule has 0 saturated carbocycles. The van der Waals surface area contributed by atoms with Crippen LogP contribution < -0.4 is 0 Å². The average Bonchev–Trinajstić information content (AvgIpc) is 2.46. The molecule has 66 valence electrons. The number of hydrogen-bond acceptors (Lipinski definition) is 2. The van der Waals surface area contributed by atoms with Crippen LogP contribution in [0.2, 0.25) is 0 Å². The Morgan fingerprint density at radius 1 is 1.38 bits per heavy atom. The number of fused-ring (bicyclic) bond motifs is 1. The second-order valence-corrected chi connectivity index (χ2v) is 2.97. The van der Waals surface area contributed by atoms with E-state index in [9.17, 15) is 0 Å². The zero-order chi connectivity index (χ0) is 9.26. The molecule has 13 heavy (non-hydrogen) atoms. The number of aromatic nitrogens is 1. The summed E-state index contributed by atoms with van der Waals surface area (Å²) in [6.45, 7) is 2.03. The molecule has 0 unspecified atom stereocenters. The van der Waals surface area contributed by atoms with Gasteiger partial charge in [-0.25, -0.2) is 0 Å². The average molecular weight is 174 g/mol. The largest absolute Gasteiger partial charge is 0.410 e. The van der Waals surface area contributed by atoms with Crippen molar-refractivity contribution >= 4 is 17.2 Å². The third-order valence-electron chi connectivity index (χ3n) is 2.12. The maximum atomic E-state index is 8.44. The molecule has 3 heteroatoms. The first-order valence-electron chi connectivity index (χ1n) is 4.06. The maximum Gasteiger partial charge on any atom is 0.139 e. The van der Waals surface area contributed by atoms with Crippen LogP contribution in [0.4, 0.5) is 0 Å². The van der Waals surface area contributed by atoms with Crippen LogP contribution in [0.15, 0.2) is 35.6 Å². The second kappa shape index (κ2) is 2.94. The fourth-order valence-corrected chi connectivity index (χ4v) is 1.53. The number of aryl methyl sites for hydroxylation is 1. The lowest BCUT2D eigenvalue weighted by molar-refractivity contribution is 0.320. The van der Waals surface area contributed by atoms with Gasteiger partial charge in [0.25, 0.3) is 0 Å². The van der Waals surface area contributed by atoms with E-state index in [1.165, 1.54) is 17.3 Å². The summed E-state index contributed by atoms with van der Waals surface area (Å²) < 4.78 is 1.80. The van der Waals surface area contributed by atoms with E-state index >= 15 is 0 Å².